The maximum Gasteiger partial charge on any atom is 0.229 e. The van der Waals surface area contributed by atoms with Crippen LogP contribution in [0.5, 0.6) is 0 Å². The molecule has 1 aromatic carbocycles. The van der Waals surface area contributed by atoms with Gasteiger partial charge in [0.05, 0.1) is 23.3 Å². The van der Waals surface area contributed by atoms with E-state index in [1.165, 1.54) is 12.1 Å². The van der Waals surface area contributed by atoms with Crippen LogP contribution in [0.4, 0.5) is 21.6 Å². The molecule has 7 heteroatoms. The molecule has 0 saturated heterocycles. The Morgan fingerprint density at radius 2 is 2.04 bits per heavy atom. The zero-order valence-corrected chi connectivity index (χ0v) is 14.0. The number of halogens is 2. The molecule has 4 nitrogen and oxygen atoms in total. The fourth-order valence-electron chi connectivity index (χ4n) is 2.04. The zero-order chi connectivity index (χ0) is 16.9. The number of anilines is 3. The summed E-state index contributed by atoms with van der Waals surface area (Å²) in [6, 6.07) is 11.6. The van der Waals surface area contributed by atoms with Gasteiger partial charge in [-0.2, -0.15) is 0 Å². The van der Waals surface area contributed by atoms with Crippen molar-refractivity contribution < 1.29 is 9.18 Å². The van der Waals surface area contributed by atoms with Crippen molar-refractivity contribution in [2.45, 2.75) is 6.42 Å². The standard InChI is InChI=1S/C17H13ClFN3OS/c18-14-8-11(3-5-15(14)19)21-16-6-4-12(10-20-16)22-17(23)9-13-2-1-7-24-13/h1-8,10H,9H2,(H,20,21)(H,22,23). The third-order valence-corrected chi connectivity index (χ3v) is 4.32. The first kappa shape index (κ1) is 16.4. The van der Waals surface area contributed by atoms with E-state index >= 15 is 0 Å². The molecule has 0 bridgehead atoms. The van der Waals surface area contributed by atoms with Gasteiger partial charge in [0.1, 0.15) is 11.6 Å². The number of aromatic nitrogens is 1. The largest absolute Gasteiger partial charge is 0.340 e. The van der Waals surface area contributed by atoms with E-state index in [2.05, 4.69) is 15.6 Å². The molecular formula is C17H13ClFN3OS. The van der Waals surface area contributed by atoms with Crippen molar-refractivity contribution in [1.82, 2.24) is 4.98 Å². The van der Waals surface area contributed by atoms with Crippen molar-refractivity contribution in [3.05, 3.63) is 69.8 Å². The Bertz CT molecular complexity index is 838. The van der Waals surface area contributed by atoms with Crippen LogP contribution in [0.15, 0.2) is 54.0 Å². The van der Waals surface area contributed by atoms with E-state index in [1.807, 2.05) is 17.5 Å². The number of carbonyl (C=O) groups is 1. The maximum absolute atomic E-state index is 13.1. The van der Waals surface area contributed by atoms with Crippen molar-refractivity contribution in [2.24, 2.45) is 0 Å². The molecule has 0 aliphatic rings. The van der Waals surface area contributed by atoms with E-state index in [9.17, 15) is 9.18 Å². The number of hydrogen-bond donors (Lipinski definition) is 2. The fraction of sp³-hybridized carbons (Fsp3) is 0.0588. The number of hydrogen-bond acceptors (Lipinski definition) is 4. The van der Waals surface area contributed by atoms with Gasteiger partial charge in [-0.25, -0.2) is 9.37 Å². The first-order chi connectivity index (χ1) is 11.6. The molecule has 2 N–H and O–H groups in total. The summed E-state index contributed by atoms with van der Waals surface area (Å²) < 4.78 is 13.1. The molecule has 3 rings (SSSR count). The Balaban J connectivity index is 1.60. The van der Waals surface area contributed by atoms with Crippen LogP contribution in [-0.2, 0) is 11.2 Å². The molecule has 2 aromatic heterocycles. The third-order valence-electron chi connectivity index (χ3n) is 3.15. The number of pyridine rings is 1. The van der Waals surface area contributed by atoms with Gasteiger partial charge in [-0.15, -0.1) is 11.3 Å². The van der Waals surface area contributed by atoms with E-state index < -0.39 is 5.82 Å². The van der Waals surface area contributed by atoms with Crippen molar-refractivity contribution in [2.75, 3.05) is 10.6 Å². The maximum atomic E-state index is 13.1. The molecule has 0 radical (unpaired) electrons. The predicted molar refractivity (Wildman–Crippen MR) is 95.6 cm³/mol. The molecule has 2 heterocycles. The minimum atomic E-state index is -0.473. The lowest BCUT2D eigenvalue weighted by atomic mass is 10.3. The summed E-state index contributed by atoms with van der Waals surface area (Å²) in [4.78, 5) is 17.1. The predicted octanol–water partition coefficient (Wildman–Crippen LogP) is 4.86. The van der Waals surface area contributed by atoms with Crippen LogP contribution < -0.4 is 10.6 Å². The van der Waals surface area contributed by atoms with Crippen LogP contribution in [0.1, 0.15) is 4.88 Å². The fourth-order valence-corrected chi connectivity index (χ4v) is 2.92. The SMILES string of the molecule is O=C(Cc1cccs1)Nc1ccc(Nc2ccc(F)c(Cl)c2)nc1. The van der Waals surface area contributed by atoms with Crippen molar-refractivity contribution >= 4 is 46.0 Å². The average molecular weight is 362 g/mol. The number of benzene rings is 1. The monoisotopic (exact) mass is 361 g/mol. The highest BCUT2D eigenvalue weighted by Gasteiger charge is 2.06. The molecule has 0 saturated carbocycles. The minimum absolute atomic E-state index is 0.0393. The Kier molecular flexibility index (Phi) is 5.08. The highest BCUT2D eigenvalue weighted by atomic mass is 35.5. The summed E-state index contributed by atoms with van der Waals surface area (Å²) in [7, 11) is 0. The number of rotatable bonds is 5. The van der Waals surface area contributed by atoms with Gasteiger partial charge in [-0.3, -0.25) is 4.79 Å². The molecule has 0 aliphatic carbocycles. The summed E-state index contributed by atoms with van der Waals surface area (Å²) >= 11 is 7.28. The van der Waals surface area contributed by atoms with Gasteiger partial charge in [-0.1, -0.05) is 17.7 Å². The van der Waals surface area contributed by atoms with Crippen LogP contribution in [0.25, 0.3) is 0 Å². The second kappa shape index (κ2) is 7.42. The smallest absolute Gasteiger partial charge is 0.229 e. The number of thiophene rings is 1. The Labute approximate surface area is 147 Å². The van der Waals surface area contributed by atoms with Gasteiger partial charge in [0.2, 0.25) is 5.91 Å². The van der Waals surface area contributed by atoms with Gasteiger partial charge in [0, 0.05) is 10.6 Å². The molecule has 24 heavy (non-hydrogen) atoms. The van der Waals surface area contributed by atoms with Crippen LogP contribution in [0.2, 0.25) is 5.02 Å². The second-order valence-electron chi connectivity index (χ2n) is 4.99. The molecule has 0 atom stereocenters. The number of amides is 1. The second-order valence-corrected chi connectivity index (χ2v) is 6.43. The molecule has 3 aromatic rings. The number of nitrogens with zero attached hydrogens (tertiary/aromatic N) is 1. The normalized spacial score (nSPS) is 10.4. The molecule has 122 valence electrons. The lowest BCUT2D eigenvalue weighted by Crippen LogP contribution is -2.13. The van der Waals surface area contributed by atoms with E-state index in [1.54, 1.807) is 35.7 Å². The summed E-state index contributed by atoms with van der Waals surface area (Å²) in [5, 5.41) is 7.79. The Morgan fingerprint density at radius 3 is 2.71 bits per heavy atom. The topological polar surface area (TPSA) is 54.0 Å². The number of nitrogens with one attached hydrogen (secondary N) is 2. The summed E-state index contributed by atoms with van der Waals surface area (Å²) in [6.07, 6.45) is 1.89. The Morgan fingerprint density at radius 1 is 1.21 bits per heavy atom. The third kappa shape index (κ3) is 4.31. The molecule has 0 aliphatic heterocycles. The van der Waals surface area contributed by atoms with Crippen LogP contribution >= 0.6 is 22.9 Å². The molecule has 0 fully saturated rings. The summed E-state index contributed by atoms with van der Waals surface area (Å²) in [6.45, 7) is 0. The number of carbonyl (C=O) groups excluding carboxylic acids is 1. The summed E-state index contributed by atoms with van der Waals surface area (Å²) in [5.41, 5.74) is 1.24. The zero-order valence-electron chi connectivity index (χ0n) is 12.4. The first-order valence-corrected chi connectivity index (χ1v) is 8.36. The van der Waals surface area contributed by atoms with Gasteiger partial charge in [-0.05, 0) is 41.8 Å². The van der Waals surface area contributed by atoms with E-state index in [0.29, 0.717) is 23.6 Å². The van der Waals surface area contributed by atoms with E-state index in [-0.39, 0.29) is 10.9 Å². The Hall–Kier alpha value is -2.44. The van der Waals surface area contributed by atoms with Crippen LogP contribution in [0.3, 0.4) is 0 Å². The summed E-state index contributed by atoms with van der Waals surface area (Å²) in [5.74, 6) is -0.00168. The lowest BCUT2D eigenvalue weighted by molar-refractivity contribution is -0.115. The average Bonchev–Trinajstić information content (AvgIpc) is 3.06. The molecular weight excluding hydrogens is 349 g/mol. The molecule has 0 spiro atoms. The highest BCUT2D eigenvalue weighted by molar-refractivity contribution is 7.10. The lowest BCUT2D eigenvalue weighted by Gasteiger charge is -2.08. The van der Waals surface area contributed by atoms with E-state index in [4.69, 9.17) is 11.6 Å². The van der Waals surface area contributed by atoms with E-state index in [0.717, 1.165) is 4.88 Å². The van der Waals surface area contributed by atoms with Gasteiger partial charge in [0.25, 0.3) is 0 Å². The van der Waals surface area contributed by atoms with Gasteiger partial charge < -0.3 is 10.6 Å². The molecule has 1 amide bonds. The van der Waals surface area contributed by atoms with Crippen molar-refractivity contribution in [1.29, 1.82) is 0 Å². The van der Waals surface area contributed by atoms with Gasteiger partial charge >= 0.3 is 0 Å². The quantitative estimate of drug-likeness (QED) is 0.682. The van der Waals surface area contributed by atoms with Gasteiger partial charge in [0.15, 0.2) is 0 Å². The van der Waals surface area contributed by atoms with Crippen LogP contribution in [0, 0.1) is 5.82 Å². The highest BCUT2D eigenvalue weighted by Crippen LogP contribution is 2.22. The minimum Gasteiger partial charge on any atom is -0.340 e. The van der Waals surface area contributed by atoms with Crippen molar-refractivity contribution in [3.8, 4) is 0 Å². The van der Waals surface area contributed by atoms with Crippen molar-refractivity contribution in [3.63, 3.8) is 0 Å². The molecule has 0 unspecified atom stereocenters. The van der Waals surface area contributed by atoms with Crippen LogP contribution in [-0.4, -0.2) is 10.9 Å². The first-order valence-electron chi connectivity index (χ1n) is 7.10.